The number of thiazole rings is 1. The summed E-state index contributed by atoms with van der Waals surface area (Å²) < 4.78 is 5.72. The Morgan fingerprint density at radius 1 is 1.35 bits per heavy atom. The molecule has 0 spiro atoms. The summed E-state index contributed by atoms with van der Waals surface area (Å²) in [6.45, 7) is 5.98. The van der Waals surface area contributed by atoms with Gasteiger partial charge in [-0.1, -0.05) is 11.6 Å². The minimum Gasteiger partial charge on any atom is -0.493 e. The third-order valence-corrected chi connectivity index (χ3v) is 4.41. The van der Waals surface area contributed by atoms with E-state index in [-0.39, 0.29) is 5.78 Å². The number of carbonyl (C=O) groups excluding carboxylic acids is 1. The molecule has 1 aromatic heterocycles. The number of hydrogen-bond donors (Lipinski definition) is 0. The third-order valence-electron chi connectivity index (χ3n) is 2.91. The topological polar surface area (TPSA) is 39.2 Å². The standard InChI is InChI=1S/C15H16ClNO2S/c1-9-6-12(7-10(2)15(9)16)19-5-4-14-17-13(8-20-14)11(3)18/h6-8H,4-5H2,1-3H3. The van der Waals surface area contributed by atoms with E-state index in [0.717, 1.165) is 26.9 Å². The van der Waals surface area contributed by atoms with Gasteiger partial charge in [0.15, 0.2) is 5.78 Å². The summed E-state index contributed by atoms with van der Waals surface area (Å²) in [7, 11) is 0. The number of rotatable bonds is 5. The third kappa shape index (κ3) is 3.58. The van der Waals surface area contributed by atoms with Crippen molar-refractivity contribution in [2.24, 2.45) is 0 Å². The molecular formula is C15H16ClNO2S. The van der Waals surface area contributed by atoms with Gasteiger partial charge in [0, 0.05) is 23.7 Å². The average molecular weight is 310 g/mol. The Bertz CT molecular complexity index is 614. The number of ether oxygens (including phenoxy) is 1. The monoisotopic (exact) mass is 309 g/mol. The molecule has 0 saturated heterocycles. The maximum atomic E-state index is 11.2. The first-order valence-corrected chi connectivity index (χ1v) is 7.58. The predicted octanol–water partition coefficient (Wildman–Crippen LogP) is 4.24. The van der Waals surface area contributed by atoms with Gasteiger partial charge in [-0.3, -0.25) is 4.79 Å². The fourth-order valence-corrected chi connectivity index (χ4v) is 2.76. The normalized spacial score (nSPS) is 10.6. The van der Waals surface area contributed by atoms with E-state index in [1.807, 2.05) is 26.0 Å². The molecule has 0 unspecified atom stereocenters. The first-order valence-electron chi connectivity index (χ1n) is 6.32. The molecule has 0 aliphatic heterocycles. The number of aromatic nitrogens is 1. The number of ketones is 1. The van der Waals surface area contributed by atoms with Crippen LogP contribution in [0.2, 0.25) is 5.02 Å². The van der Waals surface area contributed by atoms with E-state index in [1.54, 1.807) is 5.38 Å². The molecular weight excluding hydrogens is 294 g/mol. The molecule has 2 aromatic rings. The van der Waals surface area contributed by atoms with Gasteiger partial charge in [0.2, 0.25) is 0 Å². The number of nitrogens with zero attached hydrogens (tertiary/aromatic N) is 1. The van der Waals surface area contributed by atoms with Gasteiger partial charge < -0.3 is 4.74 Å². The van der Waals surface area contributed by atoms with Crippen molar-refractivity contribution in [2.45, 2.75) is 27.2 Å². The van der Waals surface area contributed by atoms with Gasteiger partial charge in [-0.05, 0) is 37.1 Å². The second kappa shape index (κ2) is 6.37. The smallest absolute Gasteiger partial charge is 0.178 e. The summed E-state index contributed by atoms with van der Waals surface area (Å²) in [6, 6.07) is 3.86. The number of halogens is 1. The van der Waals surface area contributed by atoms with Crippen molar-refractivity contribution in [3.05, 3.63) is 44.4 Å². The summed E-state index contributed by atoms with van der Waals surface area (Å²) in [4.78, 5) is 15.4. The van der Waals surface area contributed by atoms with Crippen LogP contribution in [0.3, 0.4) is 0 Å². The second-order valence-corrected chi connectivity index (χ2v) is 5.97. The highest BCUT2D eigenvalue weighted by Crippen LogP contribution is 2.26. The summed E-state index contributed by atoms with van der Waals surface area (Å²) >= 11 is 7.60. The van der Waals surface area contributed by atoms with E-state index >= 15 is 0 Å². The summed E-state index contributed by atoms with van der Waals surface area (Å²) in [6.07, 6.45) is 0.693. The van der Waals surface area contributed by atoms with E-state index in [4.69, 9.17) is 16.3 Å². The zero-order chi connectivity index (χ0) is 14.7. The van der Waals surface area contributed by atoms with Crippen LogP contribution < -0.4 is 4.74 Å². The van der Waals surface area contributed by atoms with Gasteiger partial charge in [0.05, 0.1) is 11.6 Å². The minimum absolute atomic E-state index is 0.00244. The zero-order valence-electron chi connectivity index (χ0n) is 11.7. The zero-order valence-corrected chi connectivity index (χ0v) is 13.3. The van der Waals surface area contributed by atoms with Crippen molar-refractivity contribution in [1.82, 2.24) is 4.98 Å². The Labute approximate surface area is 127 Å². The lowest BCUT2D eigenvalue weighted by Gasteiger charge is -2.09. The molecule has 20 heavy (non-hydrogen) atoms. The summed E-state index contributed by atoms with van der Waals surface area (Å²) in [5, 5.41) is 3.48. The van der Waals surface area contributed by atoms with Crippen LogP contribution in [-0.2, 0) is 6.42 Å². The van der Waals surface area contributed by atoms with Crippen molar-refractivity contribution < 1.29 is 9.53 Å². The molecule has 3 nitrogen and oxygen atoms in total. The van der Waals surface area contributed by atoms with Crippen LogP contribution in [-0.4, -0.2) is 17.4 Å². The van der Waals surface area contributed by atoms with Gasteiger partial charge in [0.25, 0.3) is 0 Å². The van der Waals surface area contributed by atoms with Crippen molar-refractivity contribution >= 4 is 28.7 Å². The molecule has 2 rings (SSSR count). The molecule has 0 radical (unpaired) electrons. The van der Waals surface area contributed by atoms with Crippen LogP contribution in [0.1, 0.15) is 33.5 Å². The molecule has 0 atom stereocenters. The lowest BCUT2D eigenvalue weighted by molar-refractivity contribution is 0.101. The lowest BCUT2D eigenvalue weighted by Crippen LogP contribution is -2.02. The molecule has 106 valence electrons. The van der Waals surface area contributed by atoms with E-state index in [1.165, 1.54) is 18.3 Å². The number of benzene rings is 1. The van der Waals surface area contributed by atoms with E-state index in [9.17, 15) is 4.79 Å². The maximum Gasteiger partial charge on any atom is 0.178 e. The number of hydrogen-bond acceptors (Lipinski definition) is 4. The van der Waals surface area contributed by atoms with E-state index in [0.29, 0.717) is 18.7 Å². The van der Waals surface area contributed by atoms with Crippen LogP contribution in [0.25, 0.3) is 0 Å². The largest absolute Gasteiger partial charge is 0.493 e. The van der Waals surface area contributed by atoms with Crippen molar-refractivity contribution in [3.8, 4) is 5.75 Å². The number of aryl methyl sites for hydroxylation is 2. The predicted molar refractivity (Wildman–Crippen MR) is 82.2 cm³/mol. The van der Waals surface area contributed by atoms with Crippen molar-refractivity contribution in [3.63, 3.8) is 0 Å². The van der Waals surface area contributed by atoms with E-state index < -0.39 is 0 Å². The van der Waals surface area contributed by atoms with Crippen LogP contribution in [0, 0.1) is 13.8 Å². The Balaban J connectivity index is 1.94. The fourth-order valence-electron chi connectivity index (χ4n) is 1.83. The summed E-state index contributed by atoms with van der Waals surface area (Å²) in [5.41, 5.74) is 2.55. The Kier molecular flexibility index (Phi) is 4.78. The Morgan fingerprint density at radius 3 is 2.55 bits per heavy atom. The van der Waals surface area contributed by atoms with E-state index in [2.05, 4.69) is 4.98 Å². The number of Topliss-reactive ketones (excluding diaryl/α,β-unsaturated/α-hetero) is 1. The van der Waals surface area contributed by atoms with Crippen LogP contribution in [0.15, 0.2) is 17.5 Å². The molecule has 0 saturated carbocycles. The Hall–Kier alpha value is -1.39. The van der Waals surface area contributed by atoms with Gasteiger partial charge in [-0.2, -0.15) is 0 Å². The van der Waals surface area contributed by atoms with Crippen LogP contribution in [0.5, 0.6) is 5.75 Å². The first-order chi connectivity index (χ1) is 9.47. The molecule has 5 heteroatoms. The first kappa shape index (κ1) is 15.0. The van der Waals surface area contributed by atoms with Crippen molar-refractivity contribution in [2.75, 3.05) is 6.61 Å². The van der Waals surface area contributed by atoms with Gasteiger partial charge in [-0.15, -0.1) is 11.3 Å². The average Bonchev–Trinajstić information content (AvgIpc) is 2.85. The SMILES string of the molecule is CC(=O)c1csc(CCOc2cc(C)c(Cl)c(C)c2)n1. The molecule has 1 aromatic carbocycles. The van der Waals surface area contributed by atoms with Crippen LogP contribution in [0.4, 0.5) is 0 Å². The number of carbonyl (C=O) groups is 1. The van der Waals surface area contributed by atoms with Crippen LogP contribution >= 0.6 is 22.9 Å². The van der Waals surface area contributed by atoms with Crippen molar-refractivity contribution in [1.29, 1.82) is 0 Å². The quantitative estimate of drug-likeness (QED) is 0.776. The summed E-state index contributed by atoms with van der Waals surface area (Å²) in [5.74, 6) is 0.810. The minimum atomic E-state index is -0.00244. The fraction of sp³-hybridized carbons (Fsp3) is 0.333. The highest BCUT2D eigenvalue weighted by atomic mass is 35.5. The second-order valence-electron chi connectivity index (χ2n) is 4.65. The lowest BCUT2D eigenvalue weighted by atomic mass is 10.1. The van der Waals surface area contributed by atoms with Gasteiger partial charge >= 0.3 is 0 Å². The molecule has 0 aliphatic rings. The highest BCUT2D eigenvalue weighted by molar-refractivity contribution is 7.09. The Morgan fingerprint density at radius 2 is 2.00 bits per heavy atom. The van der Waals surface area contributed by atoms with Gasteiger partial charge in [-0.25, -0.2) is 4.98 Å². The molecule has 0 aliphatic carbocycles. The molecule has 0 bridgehead atoms. The molecule has 1 heterocycles. The maximum absolute atomic E-state index is 11.2. The van der Waals surface area contributed by atoms with Gasteiger partial charge in [0.1, 0.15) is 11.4 Å². The highest BCUT2D eigenvalue weighted by Gasteiger charge is 2.07. The molecule has 0 amide bonds. The molecule has 0 fully saturated rings. The molecule has 0 N–H and O–H groups in total.